The van der Waals surface area contributed by atoms with Crippen molar-refractivity contribution in [2.75, 3.05) is 46.6 Å². The highest BCUT2D eigenvalue weighted by molar-refractivity contribution is 5.96. The number of aromatic nitrogens is 1. The fourth-order valence-corrected chi connectivity index (χ4v) is 3.25. The zero-order valence-corrected chi connectivity index (χ0v) is 19.2. The van der Waals surface area contributed by atoms with Gasteiger partial charge in [-0.05, 0) is 44.5 Å². The van der Waals surface area contributed by atoms with E-state index in [1.807, 2.05) is 68.1 Å². The van der Waals surface area contributed by atoms with Gasteiger partial charge in [0, 0.05) is 57.9 Å². The van der Waals surface area contributed by atoms with Crippen LogP contribution in [0, 0.1) is 6.92 Å². The molecule has 0 saturated heterocycles. The first-order chi connectivity index (χ1) is 15.0. The van der Waals surface area contributed by atoms with E-state index in [9.17, 15) is 9.59 Å². The molecule has 0 aliphatic rings. The summed E-state index contributed by atoms with van der Waals surface area (Å²) >= 11 is 0. The largest absolute Gasteiger partial charge is 0.383 e. The van der Waals surface area contributed by atoms with E-state index in [2.05, 4.69) is 0 Å². The van der Waals surface area contributed by atoms with Crippen molar-refractivity contribution in [3.63, 3.8) is 0 Å². The fourth-order valence-electron chi connectivity index (χ4n) is 3.25. The van der Waals surface area contributed by atoms with Crippen LogP contribution in [0.2, 0.25) is 0 Å². The maximum atomic E-state index is 13.2. The Bertz CT molecular complexity index is 816. The van der Waals surface area contributed by atoms with Crippen molar-refractivity contribution in [2.24, 2.45) is 7.05 Å². The van der Waals surface area contributed by atoms with E-state index >= 15 is 0 Å². The van der Waals surface area contributed by atoms with Crippen LogP contribution in [-0.4, -0.2) is 72.7 Å². The molecular formula is C24H35N3O4. The first-order valence-corrected chi connectivity index (χ1v) is 10.8. The third kappa shape index (κ3) is 7.84. The molecule has 0 spiro atoms. The second-order valence-corrected chi connectivity index (χ2v) is 7.56. The molecule has 1 heterocycles. The van der Waals surface area contributed by atoms with Crippen LogP contribution in [0.5, 0.6) is 0 Å². The average molecular weight is 430 g/mol. The van der Waals surface area contributed by atoms with E-state index in [1.165, 1.54) is 0 Å². The monoisotopic (exact) mass is 429 g/mol. The summed E-state index contributed by atoms with van der Waals surface area (Å²) in [5.41, 5.74) is 2.70. The van der Waals surface area contributed by atoms with Gasteiger partial charge in [-0.1, -0.05) is 17.7 Å². The summed E-state index contributed by atoms with van der Waals surface area (Å²) < 4.78 is 12.6. The quantitative estimate of drug-likeness (QED) is 0.459. The molecular weight excluding hydrogens is 394 g/mol. The van der Waals surface area contributed by atoms with Crippen LogP contribution >= 0.6 is 0 Å². The summed E-state index contributed by atoms with van der Waals surface area (Å²) in [5.74, 6) is -0.245. The van der Waals surface area contributed by atoms with Gasteiger partial charge >= 0.3 is 0 Å². The number of rotatable bonds is 13. The van der Waals surface area contributed by atoms with Crippen LogP contribution < -0.4 is 0 Å². The van der Waals surface area contributed by atoms with E-state index in [0.29, 0.717) is 51.4 Å². The van der Waals surface area contributed by atoms with Gasteiger partial charge < -0.3 is 23.8 Å². The smallest absolute Gasteiger partial charge is 0.254 e. The van der Waals surface area contributed by atoms with Crippen molar-refractivity contribution in [1.29, 1.82) is 0 Å². The molecule has 2 rings (SSSR count). The van der Waals surface area contributed by atoms with Crippen molar-refractivity contribution in [2.45, 2.75) is 26.8 Å². The number of carbonyl (C=O) groups excluding carboxylic acids is 2. The minimum absolute atomic E-state index is 0.0208. The van der Waals surface area contributed by atoms with Crippen LogP contribution in [0.25, 0.3) is 0 Å². The fraction of sp³-hybridized carbons (Fsp3) is 0.500. The van der Waals surface area contributed by atoms with Crippen LogP contribution in [0.4, 0.5) is 0 Å². The van der Waals surface area contributed by atoms with Gasteiger partial charge in [0.1, 0.15) is 6.54 Å². The lowest BCUT2D eigenvalue weighted by Gasteiger charge is -2.28. The Morgan fingerprint density at radius 3 is 2.39 bits per heavy atom. The number of hydrogen-bond donors (Lipinski definition) is 0. The van der Waals surface area contributed by atoms with Gasteiger partial charge in [-0.3, -0.25) is 9.59 Å². The van der Waals surface area contributed by atoms with Crippen LogP contribution in [-0.2, 0) is 27.9 Å². The minimum atomic E-state index is -0.143. The normalized spacial score (nSPS) is 10.8. The molecule has 170 valence electrons. The number of aryl methyl sites for hydroxylation is 2. The molecule has 0 atom stereocenters. The average Bonchev–Trinajstić information content (AvgIpc) is 3.17. The molecule has 7 nitrogen and oxygen atoms in total. The Morgan fingerprint density at radius 2 is 1.77 bits per heavy atom. The molecule has 0 aliphatic heterocycles. The number of benzene rings is 1. The van der Waals surface area contributed by atoms with Crippen molar-refractivity contribution < 1.29 is 19.1 Å². The topological polar surface area (TPSA) is 64.0 Å². The molecule has 2 aromatic rings. The zero-order chi connectivity index (χ0) is 22.6. The predicted molar refractivity (Wildman–Crippen MR) is 121 cm³/mol. The minimum Gasteiger partial charge on any atom is -0.383 e. The van der Waals surface area contributed by atoms with E-state index in [4.69, 9.17) is 9.47 Å². The number of methoxy groups -OCH3 is 1. The molecule has 0 unspecified atom stereocenters. The number of nitrogens with zero attached hydrogens (tertiary/aromatic N) is 3. The van der Waals surface area contributed by atoms with Crippen molar-refractivity contribution in [1.82, 2.24) is 14.4 Å². The van der Waals surface area contributed by atoms with Gasteiger partial charge in [-0.2, -0.15) is 0 Å². The zero-order valence-electron chi connectivity index (χ0n) is 19.2. The summed E-state index contributed by atoms with van der Waals surface area (Å²) in [6, 6.07) is 11.4. The molecule has 0 saturated carbocycles. The summed E-state index contributed by atoms with van der Waals surface area (Å²) in [4.78, 5) is 29.7. The van der Waals surface area contributed by atoms with Crippen molar-refractivity contribution in [3.8, 4) is 0 Å². The Balaban J connectivity index is 2.14. The first-order valence-electron chi connectivity index (χ1n) is 10.8. The standard InChI is InChI=1S/C24H35N3O4/c1-5-31-16-7-14-27(24(29)21-11-9-20(2)10-12-21)19-23(28)26(15-17-30-4)18-22-8-6-13-25(22)3/h6,8-13H,5,7,14-19H2,1-4H3. The summed E-state index contributed by atoms with van der Waals surface area (Å²) in [5, 5.41) is 0. The molecule has 2 amide bonds. The summed E-state index contributed by atoms with van der Waals surface area (Å²) in [7, 11) is 3.57. The molecule has 31 heavy (non-hydrogen) atoms. The second-order valence-electron chi connectivity index (χ2n) is 7.56. The first kappa shape index (κ1) is 24.6. The number of amides is 2. The van der Waals surface area contributed by atoms with E-state index < -0.39 is 0 Å². The molecule has 1 aromatic carbocycles. The highest BCUT2D eigenvalue weighted by Crippen LogP contribution is 2.11. The lowest BCUT2D eigenvalue weighted by Crippen LogP contribution is -2.44. The molecule has 0 radical (unpaired) electrons. The maximum Gasteiger partial charge on any atom is 0.254 e. The molecule has 0 aliphatic carbocycles. The van der Waals surface area contributed by atoms with Crippen molar-refractivity contribution in [3.05, 3.63) is 59.4 Å². The lowest BCUT2D eigenvalue weighted by molar-refractivity contribution is -0.133. The Hall–Kier alpha value is -2.64. The van der Waals surface area contributed by atoms with E-state index in [-0.39, 0.29) is 18.4 Å². The Labute approximate surface area is 185 Å². The van der Waals surface area contributed by atoms with Crippen LogP contribution in [0.15, 0.2) is 42.6 Å². The van der Waals surface area contributed by atoms with Gasteiger partial charge in [0.2, 0.25) is 5.91 Å². The van der Waals surface area contributed by atoms with Gasteiger partial charge in [0.25, 0.3) is 5.91 Å². The second kappa shape index (κ2) is 12.9. The molecule has 0 N–H and O–H groups in total. The van der Waals surface area contributed by atoms with Crippen LogP contribution in [0.1, 0.15) is 35.0 Å². The van der Waals surface area contributed by atoms with Gasteiger partial charge in [0.15, 0.2) is 0 Å². The van der Waals surface area contributed by atoms with E-state index in [0.717, 1.165) is 11.3 Å². The molecule has 0 bridgehead atoms. The Morgan fingerprint density at radius 1 is 1.03 bits per heavy atom. The van der Waals surface area contributed by atoms with Gasteiger partial charge in [-0.15, -0.1) is 0 Å². The highest BCUT2D eigenvalue weighted by Gasteiger charge is 2.23. The van der Waals surface area contributed by atoms with Gasteiger partial charge in [0.05, 0.1) is 13.2 Å². The van der Waals surface area contributed by atoms with Gasteiger partial charge in [-0.25, -0.2) is 0 Å². The lowest BCUT2D eigenvalue weighted by atomic mass is 10.1. The number of ether oxygens (including phenoxy) is 2. The SMILES string of the molecule is CCOCCCN(CC(=O)N(CCOC)Cc1cccn1C)C(=O)c1ccc(C)cc1. The Kier molecular flexibility index (Phi) is 10.3. The summed E-state index contributed by atoms with van der Waals surface area (Å²) in [6.45, 7) is 6.96. The molecule has 7 heteroatoms. The maximum absolute atomic E-state index is 13.2. The van der Waals surface area contributed by atoms with Crippen LogP contribution in [0.3, 0.4) is 0 Å². The third-order valence-corrected chi connectivity index (χ3v) is 5.15. The third-order valence-electron chi connectivity index (χ3n) is 5.15. The summed E-state index contributed by atoms with van der Waals surface area (Å²) in [6.07, 6.45) is 2.63. The predicted octanol–water partition coefficient (Wildman–Crippen LogP) is 2.88. The molecule has 0 fully saturated rings. The number of hydrogen-bond acceptors (Lipinski definition) is 4. The van der Waals surface area contributed by atoms with E-state index in [1.54, 1.807) is 16.9 Å². The highest BCUT2D eigenvalue weighted by atomic mass is 16.5. The molecule has 1 aromatic heterocycles. The van der Waals surface area contributed by atoms with Crippen molar-refractivity contribution >= 4 is 11.8 Å². The number of carbonyl (C=O) groups is 2.